The molecule has 1 heterocycles. The minimum atomic E-state index is -0.525. The van der Waals surface area contributed by atoms with Gasteiger partial charge in [-0.3, -0.25) is 14.9 Å². The Labute approximate surface area is 97.2 Å². The Hall–Kier alpha value is -2.11. The van der Waals surface area contributed by atoms with Crippen LogP contribution in [0.1, 0.15) is 0 Å². The smallest absolute Gasteiger partial charge is 0.246 e. The van der Waals surface area contributed by atoms with Gasteiger partial charge < -0.3 is 9.64 Å². The third-order valence-corrected chi connectivity index (χ3v) is 2.45. The lowest BCUT2D eigenvalue weighted by Crippen LogP contribution is -2.51. The summed E-state index contributed by atoms with van der Waals surface area (Å²) in [5, 5.41) is 2.18. The highest BCUT2D eigenvalue weighted by Gasteiger charge is 2.23. The molecular formula is C11H11FN2O3. The zero-order chi connectivity index (χ0) is 12.4. The largest absolute Gasteiger partial charge is 0.494 e. The Kier molecular flexibility index (Phi) is 2.95. The molecule has 2 rings (SSSR count). The van der Waals surface area contributed by atoms with Crippen molar-refractivity contribution >= 4 is 17.5 Å². The van der Waals surface area contributed by atoms with Gasteiger partial charge in [-0.2, -0.15) is 0 Å². The van der Waals surface area contributed by atoms with Crippen molar-refractivity contribution in [2.24, 2.45) is 0 Å². The number of hydrogen-bond donors (Lipinski definition) is 1. The van der Waals surface area contributed by atoms with Crippen molar-refractivity contribution in [2.75, 3.05) is 25.1 Å². The second-order valence-electron chi connectivity index (χ2n) is 3.65. The molecule has 5 nitrogen and oxygen atoms in total. The Balaban J connectivity index is 2.25. The number of rotatable bonds is 2. The van der Waals surface area contributed by atoms with Crippen molar-refractivity contribution in [2.45, 2.75) is 0 Å². The normalized spacial score (nSPS) is 15.8. The number of carbonyl (C=O) groups excluding carboxylic acids is 2. The molecule has 0 aromatic heterocycles. The first kappa shape index (κ1) is 11.4. The quantitative estimate of drug-likeness (QED) is 0.753. The molecule has 90 valence electrons. The third kappa shape index (κ3) is 2.35. The average Bonchev–Trinajstić information content (AvgIpc) is 2.27. The van der Waals surface area contributed by atoms with Crippen LogP contribution in [-0.2, 0) is 9.59 Å². The standard InChI is InChI=1S/C11H11FN2O3/c1-17-9-3-2-7(4-8(9)12)14-5-10(15)13-11(16)6-14/h2-4H,5-6H2,1H3,(H,13,15,16). The number of methoxy groups -OCH3 is 1. The van der Waals surface area contributed by atoms with Crippen LogP contribution in [0.5, 0.6) is 5.75 Å². The van der Waals surface area contributed by atoms with Crippen molar-refractivity contribution in [3.8, 4) is 5.75 Å². The molecule has 6 heteroatoms. The molecule has 17 heavy (non-hydrogen) atoms. The highest BCUT2D eigenvalue weighted by Crippen LogP contribution is 2.23. The van der Waals surface area contributed by atoms with E-state index in [0.717, 1.165) is 0 Å². The molecule has 0 spiro atoms. The molecule has 1 aromatic carbocycles. The van der Waals surface area contributed by atoms with Gasteiger partial charge in [0.15, 0.2) is 11.6 Å². The summed E-state index contributed by atoms with van der Waals surface area (Å²) >= 11 is 0. The maximum Gasteiger partial charge on any atom is 0.246 e. The summed E-state index contributed by atoms with van der Waals surface area (Å²) in [5.41, 5.74) is 0.478. The number of hydrogen-bond acceptors (Lipinski definition) is 4. The summed E-state index contributed by atoms with van der Waals surface area (Å²) < 4.78 is 18.3. The number of piperazine rings is 1. The summed E-state index contributed by atoms with van der Waals surface area (Å²) in [7, 11) is 1.37. The van der Waals surface area contributed by atoms with Crippen LogP contribution >= 0.6 is 0 Å². The molecular weight excluding hydrogens is 227 g/mol. The predicted octanol–water partition coefficient (Wildman–Crippen LogP) is 0.297. The number of imide groups is 1. The second kappa shape index (κ2) is 4.40. The fourth-order valence-corrected chi connectivity index (χ4v) is 1.67. The highest BCUT2D eigenvalue weighted by atomic mass is 19.1. The summed E-state index contributed by atoms with van der Waals surface area (Å²) in [4.78, 5) is 23.9. The SMILES string of the molecule is COc1ccc(N2CC(=O)NC(=O)C2)cc1F. The molecule has 0 unspecified atom stereocenters. The topological polar surface area (TPSA) is 58.6 Å². The lowest BCUT2D eigenvalue weighted by molar-refractivity contribution is -0.130. The second-order valence-corrected chi connectivity index (χ2v) is 3.65. The van der Waals surface area contributed by atoms with Crippen molar-refractivity contribution in [1.29, 1.82) is 0 Å². The van der Waals surface area contributed by atoms with Gasteiger partial charge >= 0.3 is 0 Å². The van der Waals surface area contributed by atoms with E-state index in [1.54, 1.807) is 6.07 Å². The number of carbonyl (C=O) groups is 2. The molecule has 1 N–H and O–H groups in total. The summed E-state index contributed by atoms with van der Waals surface area (Å²) in [5.74, 6) is -1.18. The molecule has 1 fully saturated rings. The van der Waals surface area contributed by atoms with E-state index in [2.05, 4.69) is 5.32 Å². The number of halogens is 1. The fourth-order valence-electron chi connectivity index (χ4n) is 1.67. The molecule has 0 atom stereocenters. The van der Waals surface area contributed by atoms with Gasteiger partial charge in [0.25, 0.3) is 0 Å². The van der Waals surface area contributed by atoms with Gasteiger partial charge in [0.1, 0.15) is 0 Å². The van der Waals surface area contributed by atoms with Gasteiger partial charge in [-0.15, -0.1) is 0 Å². The number of amides is 2. The van der Waals surface area contributed by atoms with Gasteiger partial charge in [-0.25, -0.2) is 4.39 Å². The molecule has 0 aliphatic carbocycles. The predicted molar refractivity (Wildman–Crippen MR) is 58.3 cm³/mol. The zero-order valence-electron chi connectivity index (χ0n) is 9.20. The van der Waals surface area contributed by atoms with Crippen LogP contribution in [0.4, 0.5) is 10.1 Å². The first-order valence-electron chi connectivity index (χ1n) is 5.01. The Morgan fingerprint density at radius 3 is 2.47 bits per heavy atom. The van der Waals surface area contributed by atoms with Crippen molar-refractivity contribution < 1.29 is 18.7 Å². The first-order valence-corrected chi connectivity index (χ1v) is 5.01. The summed E-state index contributed by atoms with van der Waals surface area (Å²) in [6, 6.07) is 4.31. The van der Waals surface area contributed by atoms with Crippen LogP contribution in [0.15, 0.2) is 18.2 Å². The molecule has 1 aromatic rings. The highest BCUT2D eigenvalue weighted by molar-refractivity contribution is 6.02. The fraction of sp³-hybridized carbons (Fsp3) is 0.273. The number of ether oxygens (including phenoxy) is 1. The van der Waals surface area contributed by atoms with Crippen LogP contribution in [0, 0.1) is 5.82 Å². The molecule has 1 aliphatic heterocycles. The molecule has 2 amide bonds. The summed E-state index contributed by atoms with van der Waals surface area (Å²) in [6.45, 7) is 0.0784. The van der Waals surface area contributed by atoms with Gasteiger partial charge in [-0.1, -0.05) is 0 Å². The van der Waals surface area contributed by atoms with E-state index < -0.39 is 17.6 Å². The maximum absolute atomic E-state index is 13.5. The number of anilines is 1. The number of nitrogens with one attached hydrogen (secondary N) is 1. The maximum atomic E-state index is 13.5. The molecule has 1 saturated heterocycles. The van der Waals surface area contributed by atoms with Crippen LogP contribution in [0.3, 0.4) is 0 Å². The Morgan fingerprint density at radius 1 is 1.29 bits per heavy atom. The van der Waals surface area contributed by atoms with Gasteiger partial charge in [0.05, 0.1) is 20.2 Å². The van der Waals surface area contributed by atoms with Crippen molar-refractivity contribution in [3.05, 3.63) is 24.0 Å². The first-order chi connectivity index (χ1) is 8.10. The lowest BCUT2D eigenvalue weighted by Gasteiger charge is -2.27. The van der Waals surface area contributed by atoms with Gasteiger partial charge in [0, 0.05) is 11.8 Å². The Bertz CT molecular complexity index is 460. The monoisotopic (exact) mass is 238 g/mol. The van der Waals surface area contributed by atoms with Crippen molar-refractivity contribution in [1.82, 2.24) is 5.32 Å². The van der Waals surface area contributed by atoms with Crippen LogP contribution in [-0.4, -0.2) is 32.0 Å². The van der Waals surface area contributed by atoms with E-state index in [1.165, 1.54) is 24.1 Å². The van der Waals surface area contributed by atoms with E-state index in [0.29, 0.717) is 5.69 Å². The van der Waals surface area contributed by atoms with E-state index in [-0.39, 0.29) is 18.8 Å². The van der Waals surface area contributed by atoms with Gasteiger partial charge in [0.2, 0.25) is 11.8 Å². The minimum Gasteiger partial charge on any atom is -0.494 e. The number of nitrogens with zero attached hydrogens (tertiary/aromatic N) is 1. The zero-order valence-corrected chi connectivity index (χ0v) is 9.20. The molecule has 0 saturated carbocycles. The van der Waals surface area contributed by atoms with E-state index in [4.69, 9.17) is 4.74 Å². The minimum absolute atomic E-state index is 0.0392. The molecule has 1 aliphatic rings. The lowest BCUT2D eigenvalue weighted by atomic mass is 10.2. The molecule has 0 radical (unpaired) electrons. The van der Waals surface area contributed by atoms with Crippen LogP contribution in [0.2, 0.25) is 0 Å². The molecule has 0 bridgehead atoms. The third-order valence-electron chi connectivity index (χ3n) is 2.45. The van der Waals surface area contributed by atoms with Gasteiger partial charge in [-0.05, 0) is 12.1 Å². The van der Waals surface area contributed by atoms with E-state index >= 15 is 0 Å². The Morgan fingerprint density at radius 2 is 1.94 bits per heavy atom. The van der Waals surface area contributed by atoms with Crippen LogP contribution < -0.4 is 15.0 Å². The van der Waals surface area contributed by atoms with Crippen molar-refractivity contribution in [3.63, 3.8) is 0 Å². The van der Waals surface area contributed by atoms with E-state index in [1.807, 2.05) is 0 Å². The van der Waals surface area contributed by atoms with E-state index in [9.17, 15) is 14.0 Å². The number of benzene rings is 1. The summed E-state index contributed by atoms with van der Waals surface area (Å²) in [6.07, 6.45) is 0. The van der Waals surface area contributed by atoms with Crippen LogP contribution in [0.25, 0.3) is 0 Å². The average molecular weight is 238 g/mol.